The lowest BCUT2D eigenvalue weighted by Crippen LogP contribution is -2.17. The summed E-state index contributed by atoms with van der Waals surface area (Å²) in [6.07, 6.45) is 0.533. The van der Waals surface area contributed by atoms with E-state index in [1.165, 1.54) is 22.8 Å². The zero-order valence-corrected chi connectivity index (χ0v) is 18.7. The Morgan fingerprint density at radius 1 is 1.14 bits per heavy atom. The number of aromatic nitrogens is 1. The maximum atomic E-state index is 12.4. The van der Waals surface area contributed by atoms with E-state index in [-0.39, 0.29) is 30.1 Å². The maximum Gasteiger partial charge on any atom is 0.419 e. The summed E-state index contributed by atoms with van der Waals surface area (Å²) in [5.74, 6) is 0.341. The Balaban J connectivity index is 1.34. The van der Waals surface area contributed by atoms with E-state index in [2.05, 4.69) is 11.4 Å². The van der Waals surface area contributed by atoms with Crippen molar-refractivity contribution in [2.24, 2.45) is 0 Å². The van der Waals surface area contributed by atoms with Crippen molar-refractivity contribution < 1.29 is 18.9 Å². The highest BCUT2D eigenvalue weighted by atomic mass is 16.6. The highest BCUT2D eigenvalue weighted by Crippen LogP contribution is 2.26. The van der Waals surface area contributed by atoms with Crippen LogP contribution in [0.5, 0.6) is 11.5 Å². The van der Waals surface area contributed by atoms with Crippen LogP contribution in [0.15, 0.2) is 69.9 Å². The van der Waals surface area contributed by atoms with Crippen molar-refractivity contribution in [2.45, 2.75) is 26.3 Å². The number of nitro groups is 1. The van der Waals surface area contributed by atoms with Gasteiger partial charge >= 0.3 is 5.76 Å². The zero-order chi connectivity index (χ0) is 24.9. The Hall–Kier alpha value is -4.91. The van der Waals surface area contributed by atoms with Crippen molar-refractivity contribution in [3.63, 3.8) is 0 Å². The largest absolute Gasteiger partial charge is 0.457 e. The monoisotopic (exact) mass is 472 g/mol. The Kier molecular flexibility index (Phi) is 6.59. The molecule has 0 aliphatic rings. The summed E-state index contributed by atoms with van der Waals surface area (Å²) in [6.45, 7) is 2.07. The third-order valence-electron chi connectivity index (χ3n) is 5.34. The van der Waals surface area contributed by atoms with Gasteiger partial charge < -0.3 is 14.5 Å². The number of oxazole rings is 1. The number of nitrogens with one attached hydrogen (secondary N) is 1. The second-order valence-electron chi connectivity index (χ2n) is 7.80. The van der Waals surface area contributed by atoms with E-state index in [4.69, 9.17) is 14.4 Å². The van der Waals surface area contributed by atoms with Gasteiger partial charge in [-0.2, -0.15) is 5.26 Å². The molecule has 4 aromatic rings. The Morgan fingerprint density at radius 3 is 2.57 bits per heavy atom. The fraction of sp³-hybridized carbons (Fsp3) is 0.160. The van der Waals surface area contributed by atoms with Gasteiger partial charge in [0.2, 0.25) is 5.91 Å². The quantitative estimate of drug-likeness (QED) is 0.284. The molecule has 0 atom stereocenters. The van der Waals surface area contributed by atoms with Crippen molar-refractivity contribution in [3.8, 4) is 17.6 Å². The van der Waals surface area contributed by atoms with Gasteiger partial charge in [0.15, 0.2) is 5.58 Å². The number of non-ortho nitro benzene ring substituents is 1. The third kappa shape index (κ3) is 5.36. The van der Waals surface area contributed by atoms with E-state index >= 15 is 0 Å². The Bertz CT molecular complexity index is 1510. The molecule has 0 saturated heterocycles. The number of aryl methyl sites for hydroxylation is 2. The fourth-order valence-electron chi connectivity index (χ4n) is 3.56. The van der Waals surface area contributed by atoms with Gasteiger partial charge in [0.25, 0.3) is 5.69 Å². The van der Waals surface area contributed by atoms with Gasteiger partial charge in [0.1, 0.15) is 11.5 Å². The van der Waals surface area contributed by atoms with Crippen LogP contribution in [0.3, 0.4) is 0 Å². The first-order valence-electron chi connectivity index (χ1n) is 10.7. The molecule has 0 saturated carbocycles. The minimum Gasteiger partial charge on any atom is -0.457 e. The van der Waals surface area contributed by atoms with Crippen LogP contribution in [0, 0.1) is 28.4 Å². The van der Waals surface area contributed by atoms with Crippen molar-refractivity contribution in [1.82, 2.24) is 4.57 Å². The van der Waals surface area contributed by atoms with Crippen LogP contribution in [0.25, 0.3) is 11.1 Å². The SMILES string of the molecule is Cc1cc(Oc2ccc(C#N)cc2)ccc1NC(=O)CCCn1c(=O)oc2cc([N+](=O)[O-])ccc21. The first-order chi connectivity index (χ1) is 16.8. The van der Waals surface area contributed by atoms with Crippen LogP contribution in [0.4, 0.5) is 11.4 Å². The zero-order valence-electron chi connectivity index (χ0n) is 18.7. The first-order valence-corrected chi connectivity index (χ1v) is 10.7. The second kappa shape index (κ2) is 9.93. The average molecular weight is 472 g/mol. The molecule has 1 amide bonds. The lowest BCUT2D eigenvalue weighted by molar-refractivity contribution is -0.384. The molecule has 1 aromatic heterocycles. The summed E-state index contributed by atoms with van der Waals surface area (Å²) in [5, 5.41) is 22.6. The van der Waals surface area contributed by atoms with Crippen molar-refractivity contribution in [3.05, 3.63) is 92.5 Å². The number of carbonyl (C=O) groups excluding carboxylic acids is 1. The number of carbonyl (C=O) groups is 1. The lowest BCUT2D eigenvalue weighted by atomic mass is 10.1. The molecule has 10 heteroatoms. The predicted octanol–water partition coefficient (Wildman–Crippen LogP) is 4.89. The number of anilines is 1. The van der Waals surface area contributed by atoms with Crippen molar-refractivity contribution in [1.29, 1.82) is 5.26 Å². The smallest absolute Gasteiger partial charge is 0.419 e. The van der Waals surface area contributed by atoms with Crippen LogP contribution < -0.4 is 15.8 Å². The van der Waals surface area contributed by atoms with Crippen LogP contribution >= 0.6 is 0 Å². The number of benzene rings is 3. The molecule has 10 nitrogen and oxygen atoms in total. The second-order valence-corrected chi connectivity index (χ2v) is 7.80. The van der Waals surface area contributed by atoms with E-state index in [9.17, 15) is 19.7 Å². The lowest BCUT2D eigenvalue weighted by Gasteiger charge is -2.11. The molecule has 35 heavy (non-hydrogen) atoms. The number of rotatable bonds is 8. The summed E-state index contributed by atoms with van der Waals surface area (Å²) in [6, 6.07) is 18.0. The molecule has 0 spiro atoms. The van der Waals surface area contributed by atoms with E-state index in [0.29, 0.717) is 34.7 Å². The standard InChI is InChI=1S/C25H20N4O6/c1-16-13-20(34-19-7-4-17(15-26)5-8-19)9-10-21(16)27-24(30)3-2-12-28-22-11-6-18(29(32)33)14-23(22)35-25(28)31/h4-11,13-14H,2-3,12H2,1H3,(H,27,30). The normalized spacial score (nSPS) is 10.6. The molecule has 176 valence electrons. The Labute approximate surface area is 199 Å². The van der Waals surface area contributed by atoms with E-state index < -0.39 is 10.7 Å². The topological polar surface area (TPSA) is 140 Å². The number of hydrogen-bond acceptors (Lipinski definition) is 7. The van der Waals surface area contributed by atoms with Gasteiger partial charge in [-0.25, -0.2) is 4.79 Å². The summed E-state index contributed by atoms with van der Waals surface area (Å²) >= 11 is 0. The summed E-state index contributed by atoms with van der Waals surface area (Å²) in [7, 11) is 0. The molecule has 1 N–H and O–H groups in total. The first kappa shape index (κ1) is 23.3. The molecule has 1 heterocycles. The highest BCUT2D eigenvalue weighted by molar-refractivity contribution is 5.91. The minimum absolute atomic E-state index is 0.132. The fourth-order valence-corrected chi connectivity index (χ4v) is 3.56. The van der Waals surface area contributed by atoms with Crippen molar-refractivity contribution >= 4 is 28.4 Å². The molecule has 0 aliphatic carbocycles. The third-order valence-corrected chi connectivity index (χ3v) is 5.34. The maximum absolute atomic E-state index is 12.4. The predicted molar refractivity (Wildman–Crippen MR) is 127 cm³/mol. The van der Waals surface area contributed by atoms with Crippen LogP contribution in [-0.4, -0.2) is 15.4 Å². The molecular formula is C25H20N4O6. The number of ether oxygens (including phenoxy) is 1. The molecule has 4 rings (SSSR count). The number of fused-ring (bicyclic) bond motifs is 1. The van der Waals surface area contributed by atoms with Gasteiger partial charge in [0.05, 0.1) is 28.1 Å². The number of nitro benzene ring substituents is 1. The van der Waals surface area contributed by atoms with E-state index in [1.54, 1.807) is 42.5 Å². The van der Waals surface area contributed by atoms with Crippen molar-refractivity contribution in [2.75, 3.05) is 5.32 Å². The average Bonchev–Trinajstić information content (AvgIpc) is 3.15. The molecule has 0 radical (unpaired) electrons. The van der Waals surface area contributed by atoms with Gasteiger partial charge in [0, 0.05) is 24.7 Å². The molecular weight excluding hydrogens is 452 g/mol. The minimum atomic E-state index is -0.630. The molecule has 0 unspecified atom stereocenters. The summed E-state index contributed by atoms with van der Waals surface area (Å²) < 4.78 is 12.2. The number of hydrogen-bond donors (Lipinski definition) is 1. The van der Waals surface area contributed by atoms with Gasteiger partial charge in [-0.05, 0) is 67.4 Å². The summed E-state index contributed by atoms with van der Waals surface area (Å²) in [4.78, 5) is 34.9. The van der Waals surface area contributed by atoms with Crippen LogP contribution in [0.1, 0.15) is 24.0 Å². The highest BCUT2D eigenvalue weighted by Gasteiger charge is 2.14. The number of amides is 1. The van der Waals surface area contributed by atoms with E-state index in [0.717, 1.165) is 5.56 Å². The van der Waals surface area contributed by atoms with Gasteiger partial charge in [-0.15, -0.1) is 0 Å². The number of nitriles is 1. The van der Waals surface area contributed by atoms with Gasteiger partial charge in [-0.3, -0.25) is 19.5 Å². The summed E-state index contributed by atoms with van der Waals surface area (Å²) in [5.41, 5.74) is 2.40. The van der Waals surface area contributed by atoms with Crippen LogP contribution in [0.2, 0.25) is 0 Å². The van der Waals surface area contributed by atoms with Gasteiger partial charge in [-0.1, -0.05) is 0 Å². The molecule has 3 aromatic carbocycles. The molecule has 0 aliphatic heterocycles. The molecule has 0 bridgehead atoms. The molecule has 0 fully saturated rings. The van der Waals surface area contributed by atoms with E-state index in [1.807, 2.05) is 6.92 Å². The number of nitrogens with zero attached hydrogens (tertiary/aromatic N) is 3. The Morgan fingerprint density at radius 2 is 1.89 bits per heavy atom. The van der Waals surface area contributed by atoms with Crippen LogP contribution in [-0.2, 0) is 11.3 Å².